The van der Waals surface area contributed by atoms with Crippen LogP contribution in [0.4, 0.5) is 0 Å². The van der Waals surface area contributed by atoms with Gasteiger partial charge in [0.15, 0.2) is 0 Å². The van der Waals surface area contributed by atoms with E-state index in [2.05, 4.69) is 31.0 Å². The van der Waals surface area contributed by atoms with Gasteiger partial charge in [0.2, 0.25) is 5.91 Å². The number of hydrogen-bond donors (Lipinski definition) is 2. The Balaban J connectivity index is 4.45. The van der Waals surface area contributed by atoms with Crippen molar-refractivity contribution in [2.75, 3.05) is 26.2 Å². The van der Waals surface area contributed by atoms with Gasteiger partial charge in [-0.2, -0.15) is 0 Å². The summed E-state index contributed by atoms with van der Waals surface area (Å²) >= 11 is 0. The van der Waals surface area contributed by atoms with Crippen LogP contribution < -0.4 is 11.1 Å². The van der Waals surface area contributed by atoms with Gasteiger partial charge in [-0.1, -0.05) is 27.7 Å². The molecule has 0 spiro atoms. The molecule has 0 aliphatic rings. The third-order valence-electron chi connectivity index (χ3n) is 4.03. The zero-order chi connectivity index (χ0) is 14.2. The number of nitrogens with zero attached hydrogens (tertiary/aromatic N) is 1. The Kier molecular flexibility index (Phi) is 8.20. The molecule has 0 fully saturated rings. The van der Waals surface area contributed by atoms with Crippen LogP contribution >= 0.6 is 0 Å². The van der Waals surface area contributed by atoms with E-state index in [1.54, 1.807) is 0 Å². The average molecular weight is 257 g/mol. The molecule has 0 rings (SSSR count). The smallest absolute Gasteiger partial charge is 0.227 e. The Morgan fingerprint density at radius 1 is 1.22 bits per heavy atom. The number of amides is 1. The predicted octanol–water partition coefficient (Wildman–Crippen LogP) is 1.60. The van der Waals surface area contributed by atoms with Gasteiger partial charge in [-0.25, -0.2) is 0 Å². The maximum absolute atomic E-state index is 12.3. The second-order valence-corrected chi connectivity index (χ2v) is 5.05. The molecule has 0 aliphatic carbocycles. The lowest BCUT2D eigenvalue weighted by Gasteiger charge is -2.31. The molecule has 1 atom stereocenters. The molecule has 0 aromatic rings. The largest absolute Gasteiger partial charge is 0.352 e. The Hall–Kier alpha value is -0.610. The molecule has 1 amide bonds. The molecule has 0 bridgehead atoms. The van der Waals surface area contributed by atoms with E-state index >= 15 is 0 Å². The Labute approximate surface area is 112 Å². The number of hydrogen-bond acceptors (Lipinski definition) is 3. The number of likely N-dealkylation sites (N-methyl/N-ethyl adjacent to an activating group) is 1. The van der Waals surface area contributed by atoms with Crippen LogP contribution in [0, 0.1) is 5.41 Å². The molecule has 0 radical (unpaired) electrons. The summed E-state index contributed by atoms with van der Waals surface area (Å²) < 4.78 is 0. The van der Waals surface area contributed by atoms with E-state index in [0.717, 1.165) is 32.5 Å². The van der Waals surface area contributed by atoms with Gasteiger partial charge in [0.1, 0.15) is 0 Å². The normalized spacial score (nSPS) is 13.7. The molecule has 0 saturated heterocycles. The van der Waals surface area contributed by atoms with Crippen molar-refractivity contribution < 1.29 is 4.79 Å². The number of carbonyl (C=O) groups is 1. The third-order valence-corrected chi connectivity index (χ3v) is 4.03. The summed E-state index contributed by atoms with van der Waals surface area (Å²) in [5.41, 5.74) is 5.40. The monoisotopic (exact) mass is 257 g/mol. The van der Waals surface area contributed by atoms with Gasteiger partial charge in [-0.3, -0.25) is 4.79 Å². The van der Waals surface area contributed by atoms with E-state index in [-0.39, 0.29) is 11.9 Å². The molecule has 4 heteroatoms. The molecule has 0 aliphatic heterocycles. The van der Waals surface area contributed by atoms with Crippen molar-refractivity contribution in [1.29, 1.82) is 0 Å². The van der Waals surface area contributed by atoms with Crippen molar-refractivity contribution in [2.24, 2.45) is 11.1 Å². The molecule has 1 unspecified atom stereocenters. The van der Waals surface area contributed by atoms with Gasteiger partial charge in [-0.15, -0.1) is 0 Å². The second-order valence-electron chi connectivity index (χ2n) is 5.05. The summed E-state index contributed by atoms with van der Waals surface area (Å²) in [6.45, 7) is 13.7. The number of carbonyl (C=O) groups excluding carboxylic acids is 1. The second kappa shape index (κ2) is 8.48. The van der Waals surface area contributed by atoms with Gasteiger partial charge < -0.3 is 16.0 Å². The fraction of sp³-hybridized carbons (Fsp3) is 0.929. The first-order valence-corrected chi connectivity index (χ1v) is 7.22. The first kappa shape index (κ1) is 17.4. The van der Waals surface area contributed by atoms with Crippen molar-refractivity contribution in [1.82, 2.24) is 10.2 Å². The first-order valence-electron chi connectivity index (χ1n) is 7.22. The maximum Gasteiger partial charge on any atom is 0.227 e. The lowest BCUT2D eigenvalue weighted by Crippen LogP contribution is -2.50. The minimum atomic E-state index is -0.391. The van der Waals surface area contributed by atoms with E-state index in [9.17, 15) is 4.79 Å². The molecule has 0 saturated carbocycles. The summed E-state index contributed by atoms with van der Waals surface area (Å²) in [5.74, 6) is 0.106. The van der Waals surface area contributed by atoms with Gasteiger partial charge in [0, 0.05) is 19.1 Å². The summed E-state index contributed by atoms with van der Waals surface area (Å²) in [5, 5.41) is 3.11. The zero-order valence-electron chi connectivity index (χ0n) is 12.8. The number of rotatable bonds is 9. The topological polar surface area (TPSA) is 58.4 Å². The van der Waals surface area contributed by atoms with E-state index < -0.39 is 5.41 Å². The van der Waals surface area contributed by atoms with Crippen molar-refractivity contribution in [3.05, 3.63) is 0 Å². The van der Waals surface area contributed by atoms with Crippen molar-refractivity contribution in [3.63, 3.8) is 0 Å². The number of nitrogens with one attached hydrogen (secondary N) is 1. The van der Waals surface area contributed by atoms with Crippen molar-refractivity contribution in [2.45, 2.75) is 53.5 Å². The molecule has 3 N–H and O–H groups in total. The van der Waals surface area contributed by atoms with Crippen LogP contribution in [0.5, 0.6) is 0 Å². The van der Waals surface area contributed by atoms with E-state index in [0.29, 0.717) is 6.54 Å². The van der Waals surface area contributed by atoms with Crippen LogP contribution in [0.25, 0.3) is 0 Å². The van der Waals surface area contributed by atoms with E-state index in [4.69, 9.17) is 5.73 Å². The fourth-order valence-corrected chi connectivity index (χ4v) is 2.24. The first-order chi connectivity index (χ1) is 8.49. The van der Waals surface area contributed by atoms with Gasteiger partial charge in [-0.05, 0) is 32.9 Å². The lowest BCUT2D eigenvalue weighted by molar-refractivity contribution is -0.131. The highest BCUT2D eigenvalue weighted by Crippen LogP contribution is 2.25. The van der Waals surface area contributed by atoms with Crippen LogP contribution in [-0.4, -0.2) is 43.0 Å². The minimum Gasteiger partial charge on any atom is -0.352 e. The Bertz CT molecular complexity index is 227. The molecule has 18 heavy (non-hydrogen) atoms. The van der Waals surface area contributed by atoms with Gasteiger partial charge in [0.25, 0.3) is 0 Å². The molecular formula is C14H31N3O. The highest BCUT2D eigenvalue weighted by molar-refractivity contribution is 5.83. The Morgan fingerprint density at radius 3 is 2.06 bits per heavy atom. The molecule has 0 aromatic carbocycles. The molecule has 108 valence electrons. The van der Waals surface area contributed by atoms with Crippen LogP contribution in [-0.2, 0) is 4.79 Å². The SMILES string of the molecule is CCN(CC)CC(C)NC(=O)C(CC)(CC)CN. The molecule has 0 heterocycles. The minimum absolute atomic E-state index is 0.106. The molecular weight excluding hydrogens is 226 g/mol. The average Bonchev–Trinajstić information content (AvgIpc) is 2.38. The predicted molar refractivity (Wildman–Crippen MR) is 77.5 cm³/mol. The Morgan fingerprint density at radius 2 is 1.72 bits per heavy atom. The summed E-state index contributed by atoms with van der Waals surface area (Å²) in [6.07, 6.45) is 1.59. The van der Waals surface area contributed by atoms with Crippen molar-refractivity contribution in [3.8, 4) is 0 Å². The lowest BCUT2D eigenvalue weighted by atomic mass is 9.81. The number of nitrogens with two attached hydrogens (primary N) is 1. The fourth-order valence-electron chi connectivity index (χ4n) is 2.24. The maximum atomic E-state index is 12.3. The van der Waals surface area contributed by atoms with Crippen LogP contribution in [0.3, 0.4) is 0 Å². The summed E-state index contributed by atoms with van der Waals surface area (Å²) in [4.78, 5) is 14.6. The summed E-state index contributed by atoms with van der Waals surface area (Å²) in [7, 11) is 0. The highest BCUT2D eigenvalue weighted by atomic mass is 16.2. The van der Waals surface area contributed by atoms with Crippen LogP contribution in [0.2, 0.25) is 0 Å². The van der Waals surface area contributed by atoms with E-state index in [1.807, 2.05) is 13.8 Å². The van der Waals surface area contributed by atoms with Crippen molar-refractivity contribution >= 4 is 5.91 Å². The van der Waals surface area contributed by atoms with Gasteiger partial charge in [0.05, 0.1) is 5.41 Å². The van der Waals surface area contributed by atoms with Crippen LogP contribution in [0.1, 0.15) is 47.5 Å². The quantitative estimate of drug-likeness (QED) is 0.659. The molecule has 0 aromatic heterocycles. The summed E-state index contributed by atoms with van der Waals surface area (Å²) in [6, 6.07) is 0.168. The standard InChI is InChI=1S/C14H31N3O/c1-6-14(7-2,11-15)13(18)16-12(5)10-17(8-3)9-4/h12H,6-11,15H2,1-5H3,(H,16,18). The van der Waals surface area contributed by atoms with E-state index in [1.165, 1.54) is 0 Å². The molecule has 4 nitrogen and oxygen atoms in total. The van der Waals surface area contributed by atoms with Crippen LogP contribution in [0.15, 0.2) is 0 Å². The van der Waals surface area contributed by atoms with Gasteiger partial charge >= 0.3 is 0 Å². The highest BCUT2D eigenvalue weighted by Gasteiger charge is 2.33. The third kappa shape index (κ3) is 4.58. The zero-order valence-corrected chi connectivity index (χ0v) is 12.8.